The van der Waals surface area contributed by atoms with E-state index in [0.29, 0.717) is 50.0 Å². The second-order valence-electron chi connectivity index (χ2n) is 9.90. The van der Waals surface area contributed by atoms with Gasteiger partial charge in [-0.05, 0) is 24.6 Å². The zero-order chi connectivity index (χ0) is 30.9. The second-order valence-corrected chi connectivity index (χ2v) is 10.9. The standard InChI is InChI=1S/C28H30N6O8S/c1-13-7-8-14(30-20(35)12-19-26(36)41-28(2,3)40-19)9-16(13)24-33-25(42-34-24)22-23(29)32-27(43-22)31-15-10-17(37-4)21(39-6)18(11-15)38-5/h7-11,19H,12,29H2,1-6H3,(H,30,35)(H,31,32)/t19-/m0/s1. The average molecular weight is 611 g/mol. The number of esters is 1. The molecule has 0 spiro atoms. The molecule has 1 saturated heterocycles. The van der Waals surface area contributed by atoms with E-state index in [0.717, 1.165) is 5.56 Å². The highest BCUT2D eigenvalue weighted by molar-refractivity contribution is 7.19. The van der Waals surface area contributed by atoms with Gasteiger partial charge in [-0.25, -0.2) is 9.78 Å². The van der Waals surface area contributed by atoms with Crippen molar-refractivity contribution in [1.82, 2.24) is 15.1 Å². The minimum Gasteiger partial charge on any atom is -0.493 e. The van der Waals surface area contributed by atoms with Crippen LogP contribution in [0.15, 0.2) is 34.9 Å². The molecule has 1 fully saturated rings. The van der Waals surface area contributed by atoms with E-state index in [1.54, 1.807) is 38.1 Å². The number of nitrogens with zero attached hydrogens (tertiary/aromatic N) is 3. The van der Waals surface area contributed by atoms with Gasteiger partial charge in [0.15, 0.2) is 22.7 Å². The number of anilines is 4. The lowest BCUT2D eigenvalue weighted by molar-refractivity contribution is -0.160. The van der Waals surface area contributed by atoms with Gasteiger partial charge in [0.2, 0.25) is 23.3 Å². The molecular weight excluding hydrogens is 580 g/mol. The Kier molecular flexibility index (Phi) is 8.10. The van der Waals surface area contributed by atoms with Crippen LogP contribution in [0.2, 0.25) is 0 Å². The van der Waals surface area contributed by atoms with Crippen LogP contribution in [-0.4, -0.2) is 60.2 Å². The summed E-state index contributed by atoms with van der Waals surface area (Å²) in [5.74, 6) is 0.0279. The lowest BCUT2D eigenvalue weighted by Crippen LogP contribution is -2.26. The van der Waals surface area contributed by atoms with Gasteiger partial charge in [-0.3, -0.25) is 4.79 Å². The number of methoxy groups -OCH3 is 3. The molecule has 0 bridgehead atoms. The minimum atomic E-state index is -1.07. The molecule has 0 unspecified atom stereocenters. The van der Waals surface area contributed by atoms with Crippen molar-refractivity contribution in [3.8, 4) is 39.4 Å². The van der Waals surface area contributed by atoms with Crippen LogP contribution < -0.4 is 30.6 Å². The molecule has 0 saturated carbocycles. The van der Waals surface area contributed by atoms with Crippen molar-refractivity contribution in [2.45, 2.75) is 39.1 Å². The molecule has 1 atom stereocenters. The molecule has 1 aliphatic rings. The molecule has 4 N–H and O–H groups in total. The van der Waals surface area contributed by atoms with Crippen molar-refractivity contribution in [1.29, 1.82) is 0 Å². The van der Waals surface area contributed by atoms with E-state index in [4.69, 9.17) is 33.9 Å². The number of hydrogen-bond donors (Lipinski definition) is 3. The van der Waals surface area contributed by atoms with Crippen LogP contribution in [0.25, 0.3) is 22.2 Å². The first-order valence-corrected chi connectivity index (χ1v) is 13.8. The normalized spacial score (nSPS) is 15.6. The Labute approximate surface area is 250 Å². The highest BCUT2D eigenvalue weighted by Gasteiger charge is 2.42. The Morgan fingerprint density at radius 2 is 1.79 bits per heavy atom. The van der Waals surface area contributed by atoms with Crippen molar-refractivity contribution in [2.75, 3.05) is 37.7 Å². The van der Waals surface area contributed by atoms with Gasteiger partial charge < -0.3 is 44.6 Å². The number of amides is 1. The number of aryl methyl sites for hydroxylation is 1. The van der Waals surface area contributed by atoms with Gasteiger partial charge in [-0.1, -0.05) is 22.6 Å². The number of rotatable bonds is 10. The molecule has 2 aromatic carbocycles. The second kappa shape index (κ2) is 11.8. The van der Waals surface area contributed by atoms with Crippen molar-refractivity contribution >= 4 is 45.5 Å². The van der Waals surface area contributed by atoms with E-state index in [-0.39, 0.29) is 18.1 Å². The van der Waals surface area contributed by atoms with Crippen LogP contribution in [0.4, 0.5) is 22.3 Å². The number of thiazole rings is 1. The van der Waals surface area contributed by atoms with Crippen molar-refractivity contribution < 1.29 is 37.8 Å². The molecule has 15 heteroatoms. The van der Waals surface area contributed by atoms with Gasteiger partial charge in [0, 0.05) is 42.9 Å². The third-order valence-electron chi connectivity index (χ3n) is 6.36. The maximum absolute atomic E-state index is 12.6. The fourth-order valence-corrected chi connectivity index (χ4v) is 5.24. The Balaban J connectivity index is 1.32. The first-order chi connectivity index (χ1) is 20.5. The number of nitrogens with two attached hydrogens (primary N) is 1. The number of nitrogen functional groups attached to an aromatic ring is 1. The Morgan fingerprint density at radius 3 is 2.42 bits per heavy atom. The Hall–Kier alpha value is -4.89. The Morgan fingerprint density at radius 1 is 1.07 bits per heavy atom. The fraction of sp³-hybridized carbons (Fsp3) is 0.321. The smallest absolute Gasteiger partial charge is 0.338 e. The van der Waals surface area contributed by atoms with E-state index in [2.05, 4.69) is 25.8 Å². The van der Waals surface area contributed by atoms with Gasteiger partial charge in [0.1, 0.15) is 10.7 Å². The quantitative estimate of drug-likeness (QED) is 0.213. The summed E-state index contributed by atoms with van der Waals surface area (Å²) < 4.78 is 32.4. The summed E-state index contributed by atoms with van der Waals surface area (Å²) in [5.41, 5.74) is 8.80. The third kappa shape index (κ3) is 6.32. The average Bonchev–Trinajstić information content (AvgIpc) is 3.65. The van der Waals surface area contributed by atoms with E-state index >= 15 is 0 Å². The van der Waals surface area contributed by atoms with Gasteiger partial charge in [0.05, 0.1) is 27.8 Å². The molecule has 0 radical (unpaired) electrons. The summed E-state index contributed by atoms with van der Waals surface area (Å²) in [7, 11) is 4.59. The van der Waals surface area contributed by atoms with Crippen molar-refractivity contribution in [3.05, 3.63) is 35.9 Å². The van der Waals surface area contributed by atoms with E-state index in [9.17, 15) is 9.59 Å². The van der Waals surface area contributed by atoms with Gasteiger partial charge >= 0.3 is 5.97 Å². The number of ether oxygens (including phenoxy) is 5. The molecule has 1 amide bonds. The van der Waals surface area contributed by atoms with Crippen LogP contribution in [-0.2, 0) is 19.1 Å². The number of carbonyl (C=O) groups is 2. The third-order valence-corrected chi connectivity index (χ3v) is 7.33. The van der Waals surface area contributed by atoms with Crippen LogP contribution in [0.5, 0.6) is 17.2 Å². The molecule has 3 heterocycles. The summed E-state index contributed by atoms with van der Waals surface area (Å²) >= 11 is 1.22. The molecule has 226 valence electrons. The molecule has 1 aliphatic heterocycles. The predicted molar refractivity (Wildman–Crippen MR) is 158 cm³/mol. The number of nitrogens with one attached hydrogen (secondary N) is 2. The van der Waals surface area contributed by atoms with E-state index < -0.39 is 23.8 Å². The summed E-state index contributed by atoms with van der Waals surface area (Å²) in [6.07, 6.45) is -1.16. The van der Waals surface area contributed by atoms with E-state index in [1.807, 2.05) is 13.0 Å². The largest absolute Gasteiger partial charge is 0.493 e. The van der Waals surface area contributed by atoms with E-state index in [1.165, 1.54) is 32.7 Å². The first-order valence-electron chi connectivity index (χ1n) is 13.0. The number of aromatic nitrogens is 3. The number of carbonyl (C=O) groups excluding carboxylic acids is 2. The van der Waals surface area contributed by atoms with Crippen LogP contribution in [0.3, 0.4) is 0 Å². The van der Waals surface area contributed by atoms with Crippen LogP contribution in [0, 0.1) is 6.92 Å². The van der Waals surface area contributed by atoms with Crippen LogP contribution >= 0.6 is 11.3 Å². The van der Waals surface area contributed by atoms with Crippen LogP contribution in [0.1, 0.15) is 25.8 Å². The molecule has 4 aromatic rings. The molecule has 43 heavy (non-hydrogen) atoms. The SMILES string of the molecule is COc1cc(Nc2nc(N)c(-c3nc(-c4cc(NC(=O)C[C@@H]5OC(C)(C)OC5=O)ccc4C)no3)s2)cc(OC)c1OC. The number of benzene rings is 2. The number of hydrogen-bond acceptors (Lipinski definition) is 14. The fourth-order valence-electron chi connectivity index (χ4n) is 4.41. The maximum Gasteiger partial charge on any atom is 0.338 e. The molecule has 14 nitrogen and oxygen atoms in total. The van der Waals surface area contributed by atoms with Gasteiger partial charge in [-0.15, -0.1) is 0 Å². The van der Waals surface area contributed by atoms with Gasteiger partial charge in [-0.2, -0.15) is 4.98 Å². The predicted octanol–water partition coefficient (Wildman–Crippen LogP) is 4.53. The maximum atomic E-state index is 12.6. The lowest BCUT2D eigenvalue weighted by atomic mass is 10.1. The minimum absolute atomic E-state index is 0.177. The summed E-state index contributed by atoms with van der Waals surface area (Å²) in [6.45, 7) is 5.10. The molecular formula is C28H30N6O8S. The highest BCUT2D eigenvalue weighted by Crippen LogP contribution is 2.42. The Bertz CT molecular complexity index is 1660. The zero-order valence-corrected chi connectivity index (χ0v) is 25.1. The topological polar surface area (TPSA) is 182 Å². The zero-order valence-electron chi connectivity index (χ0n) is 24.3. The molecule has 2 aromatic heterocycles. The highest BCUT2D eigenvalue weighted by atomic mass is 32.1. The summed E-state index contributed by atoms with van der Waals surface area (Å²) in [5, 5.41) is 10.6. The first kappa shape index (κ1) is 29.6. The summed E-state index contributed by atoms with van der Waals surface area (Å²) in [4.78, 5) is 34.0. The van der Waals surface area contributed by atoms with Crippen molar-refractivity contribution in [2.24, 2.45) is 0 Å². The molecule has 5 rings (SSSR count). The van der Waals surface area contributed by atoms with Gasteiger partial charge in [0.25, 0.3) is 5.89 Å². The number of cyclic esters (lactones) is 1. The molecule has 0 aliphatic carbocycles. The lowest BCUT2D eigenvalue weighted by Gasteiger charge is -2.15. The van der Waals surface area contributed by atoms with Crippen molar-refractivity contribution in [3.63, 3.8) is 0 Å². The summed E-state index contributed by atoms with van der Waals surface area (Å²) in [6, 6.07) is 8.74. The monoisotopic (exact) mass is 610 g/mol.